The third-order valence-electron chi connectivity index (χ3n) is 2.19. The standard InChI is InChI=1S/C12H11BrClN3/c1-7-3-4-9(14)10(5-7)17-12-6-11(13)15-8(2)16-12/h3-6H,1-2H3,(H,15,16,17). The molecule has 0 aliphatic rings. The van der Waals surface area contributed by atoms with Crippen LogP contribution >= 0.6 is 27.5 Å². The normalized spacial score (nSPS) is 10.4. The number of halogens is 2. The van der Waals surface area contributed by atoms with Gasteiger partial charge in [-0.25, -0.2) is 9.97 Å². The van der Waals surface area contributed by atoms with Gasteiger partial charge in [-0.15, -0.1) is 0 Å². The molecular weight excluding hydrogens is 302 g/mol. The fourth-order valence-electron chi connectivity index (χ4n) is 1.47. The Morgan fingerprint density at radius 2 is 1.94 bits per heavy atom. The number of nitrogens with zero attached hydrogens (tertiary/aromatic N) is 2. The van der Waals surface area contributed by atoms with Crippen molar-refractivity contribution in [2.45, 2.75) is 13.8 Å². The molecule has 1 aromatic heterocycles. The summed E-state index contributed by atoms with van der Waals surface area (Å²) in [5.74, 6) is 1.42. The van der Waals surface area contributed by atoms with E-state index in [1.165, 1.54) is 0 Å². The first-order chi connectivity index (χ1) is 8.04. The van der Waals surface area contributed by atoms with Crippen molar-refractivity contribution in [3.8, 4) is 0 Å². The molecule has 0 radical (unpaired) electrons. The first kappa shape index (κ1) is 12.3. The SMILES string of the molecule is Cc1ccc(Cl)c(Nc2cc(Br)nc(C)n2)c1. The number of hydrogen-bond acceptors (Lipinski definition) is 3. The maximum atomic E-state index is 6.11. The van der Waals surface area contributed by atoms with E-state index in [4.69, 9.17) is 11.6 Å². The van der Waals surface area contributed by atoms with E-state index in [-0.39, 0.29) is 0 Å². The Morgan fingerprint density at radius 1 is 1.18 bits per heavy atom. The molecule has 0 saturated carbocycles. The predicted molar refractivity (Wildman–Crippen MR) is 73.9 cm³/mol. The fourth-order valence-corrected chi connectivity index (χ4v) is 2.11. The van der Waals surface area contributed by atoms with Crippen LogP contribution in [0.4, 0.5) is 11.5 Å². The van der Waals surface area contributed by atoms with Gasteiger partial charge in [0.15, 0.2) is 0 Å². The van der Waals surface area contributed by atoms with Crippen LogP contribution in [0, 0.1) is 13.8 Å². The van der Waals surface area contributed by atoms with Crippen molar-refractivity contribution in [1.29, 1.82) is 0 Å². The van der Waals surface area contributed by atoms with Crippen LogP contribution in [0.3, 0.4) is 0 Å². The van der Waals surface area contributed by atoms with Gasteiger partial charge in [-0.3, -0.25) is 0 Å². The molecule has 88 valence electrons. The molecule has 5 heteroatoms. The van der Waals surface area contributed by atoms with Gasteiger partial charge < -0.3 is 5.32 Å². The van der Waals surface area contributed by atoms with Gasteiger partial charge in [0, 0.05) is 6.07 Å². The third-order valence-corrected chi connectivity index (χ3v) is 2.93. The molecule has 2 rings (SSSR count). The first-order valence-electron chi connectivity index (χ1n) is 5.09. The molecule has 1 heterocycles. The van der Waals surface area contributed by atoms with E-state index in [9.17, 15) is 0 Å². The Labute approximate surface area is 113 Å². The van der Waals surface area contributed by atoms with E-state index in [2.05, 4.69) is 31.2 Å². The minimum Gasteiger partial charge on any atom is -0.339 e. The summed E-state index contributed by atoms with van der Waals surface area (Å²) >= 11 is 9.44. The van der Waals surface area contributed by atoms with E-state index in [0.717, 1.165) is 21.7 Å². The second-order valence-corrected chi connectivity index (χ2v) is 4.95. The molecule has 0 unspecified atom stereocenters. The minimum absolute atomic E-state index is 0.669. The average molecular weight is 313 g/mol. The highest BCUT2D eigenvalue weighted by Crippen LogP contribution is 2.26. The summed E-state index contributed by atoms with van der Waals surface area (Å²) in [4.78, 5) is 8.44. The van der Waals surface area contributed by atoms with Crippen LogP contribution in [0.1, 0.15) is 11.4 Å². The zero-order valence-corrected chi connectivity index (χ0v) is 11.8. The molecule has 0 fully saturated rings. The van der Waals surface area contributed by atoms with Crippen LogP contribution in [-0.2, 0) is 0 Å². The van der Waals surface area contributed by atoms with Crippen LogP contribution in [0.2, 0.25) is 5.02 Å². The van der Waals surface area contributed by atoms with Crippen molar-refractivity contribution >= 4 is 39.0 Å². The summed E-state index contributed by atoms with van der Waals surface area (Å²) in [6.45, 7) is 3.86. The van der Waals surface area contributed by atoms with E-state index in [1.807, 2.05) is 38.1 Å². The number of anilines is 2. The lowest BCUT2D eigenvalue weighted by atomic mass is 10.2. The van der Waals surface area contributed by atoms with Gasteiger partial charge in [0.2, 0.25) is 0 Å². The molecule has 17 heavy (non-hydrogen) atoms. The molecule has 1 aromatic carbocycles. The number of benzene rings is 1. The first-order valence-corrected chi connectivity index (χ1v) is 6.26. The largest absolute Gasteiger partial charge is 0.339 e. The molecule has 1 N–H and O–H groups in total. The lowest BCUT2D eigenvalue weighted by molar-refractivity contribution is 1.04. The summed E-state index contributed by atoms with van der Waals surface area (Å²) in [5.41, 5.74) is 1.98. The highest BCUT2D eigenvalue weighted by Gasteiger charge is 2.04. The number of hydrogen-bond donors (Lipinski definition) is 1. The highest BCUT2D eigenvalue weighted by atomic mass is 79.9. The molecule has 3 nitrogen and oxygen atoms in total. The number of nitrogens with one attached hydrogen (secondary N) is 1. The van der Waals surface area contributed by atoms with Crippen molar-refractivity contribution < 1.29 is 0 Å². The van der Waals surface area contributed by atoms with Crippen molar-refractivity contribution in [3.05, 3.63) is 45.3 Å². The minimum atomic E-state index is 0.669. The van der Waals surface area contributed by atoms with Crippen LogP contribution < -0.4 is 5.32 Å². The molecule has 0 saturated heterocycles. The fraction of sp³-hybridized carbons (Fsp3) is 0.167. The summed E-state index contributed by atoms with van der Waals surface area (Å²) in [6.07, 6.45) is 0. The second kappa shape index (κ2) is 5.02. The van der Waals surface area contributed by atoms with Crippen molar-refractivity contribution in [1.82, 2.24) is 9.97 Å². The van der Waals surface area contributed by atoms with Gasteiger partial charge in [-0.05, 0) is 47.5 Å². The average Bonchev–Trinajstić information content (AvgIpc) is 2.22. The summed E-state index contributed by atoms with van der Waals surface area (Å²) in [6, 6.07) is 7.62. The smallest absolute Gasteiger partial charge is 0.135 e. The highest BCUT2D eigenvalue weighted by molar-refractivity contribution is 9.10. The van der Waals surface area contributed by atoms with E-state index < -0.39 is 0 Å². The third kappa shape index (κ3) is 3.17. The van der Waals surface area contributed by atoms with Gasteiger partial charge in [0.1, 0.15) is 16.2 Å². The molecule has 0 spiro atoms. The number of rotatable bonds is 2. The molecule has 0 aliphatic carbocycles. The molecule has 0 amide bonds. The van der Waals surface area contributed by atoms with Crippen LogP contribution in [0.5, 0.6) is 0 Å². The second-order valence-electron chi connectivity index (χ2n) is 3.73. The molecule has 0 bridgehead atoms. The Hall–Kier alpha value is -1.13. The summed E-state index contributed by atoms with van der Waals surface area (Å²) in [5, 5.41) is 3.85. The number of aryl methyl sites for hydroxylation is 2. The summed E-state index contributed by atoms with van der Waals surface area (Å²) < 4.78 is 0.747. The van der Waals surface area contributed by atoms with Crippen molar-refractivity contribution in [3.63, 3.8) is 0 Å². The number of aromatic nitrogens is 2. The van der Waals surface area contributed by atoms with Gasteiger partial charge in [-0.2, -0.15) is 0 Å². The lowest BCUT2D eigenvalue weighted by Crippen LogP contribution is -1.98. The Morgan fingerprint density at radius 3 is 2.65 bits per heavy atom. The lowest BCUT2D eigenvalue weighted by Gasteiger charge is -2.09. The molecule has 2 aromatic rings. The van der Waals surface area contributed by atoms with Crippen LogP contribution in [0.15, 0.2) is 28.9 Å². The molecule has 0 aliphatic heterocycles. The molecular formula is C12H11BrClN3. The predicted octanol–water partition coefficient (Wildman–Crippen LogP) is 4.25. The topological polar surface area (TPSA) is 37.8 Å². The van der Waals surface area contributed by atoms with E-state index >= 15 is 0 Å². The van der Waals surface area contributed by atoms with Gasteiger partial charge in [-0.1, -0.05) is 17.7 Å². The zero-order chi connectivity index (χ0) is 12.4. The van der Waals surface area contributed by atoms with E-state index in [0.29, 0.717) is 10.8 Å². The van der Waals surface area contributed by atoms with Crippen LogP contribution in [0.25, 0.3) is 0 Å². The van der Waals surface area contributed by atoms with Gasteiger partial charge in [0.25, 0.3) is 0 Å². The maximum absolute atomic E-state index is 6.11. The molecule has 0 atom stereocenters. The van der Waals surface area contributed by atoms with Gasteiger partial charge >= 0.3 is 0 Å². The van der Waals surface area contributed by atoms with E-state index in [1.54, 1.807) is 0 Å². The van der Waals surface area contributed by atoms with Crippen LogP contribution in [-0.4, -0.2) is 9.97 Å². The quantitative estimate of drug-likeness (QED) is 0.842. The zero-order valence-electron chi connectivity index (χ0n) is 9.46. The van der Waals surface area contributed by atoms with Crippen molar-refractivity contribution in [2.75, 3.05) is 5.32 Å². The Kier molecular flexibility index (Phi) is 3.64. The Bertz CT molecular complexity index is 537. The van der Waals surface area contributed by atoms with Crippen molar-refractivity contribution in [2.24, 2.45) is 0 Å². The Balaban J connectivity index is 2.34. The summed E-state index contributed by atoms with van der Waals surface area (Å²) in [7, 11) is 0. The maximum Gasteiger partial charge on any atom is 0.135 e. The van der Waals surface area contributed by atoms with Gasteiger partial charge in [0.05, 0.1) is 10.7 Å². The monoisotopic (exact) mass is 311 g/mol.